The fourth-order valence-corrected chi connectivity index (χ4v) is 3.49. The number of aliphatic hydroxyl groups excluding tert-OH is 1. The highest BCUT2D eigenvalue weighted by atomic mass is 16.7. The molecule has 0 aliphatic carbocycles. The Morgan fingerprint density at radius 3 is 2.53 bits per heavy atom. The molecule has 0 bridgehead atoms. The van der Waals surface area contributed by atoms with Crippen LogP contribution in [0.25, 0.3) is 0 Å². The highest BCUT2D eigenvalue weighted by Crippen LogP contribution is 2.32. The van der Waals surface area contributed by atoms with E-state index in [0.29, 0.717) is 19.0 Å². The Hall–Kier alpha value is -2.17. The molecule has 2 heterocycles. The minimum absolute atomic E-state index is 0.0592. The van der Waals surface area contributed by atoms with E-state index < -0.39 is 30.3 Å². The minimum Gasteiger partial charge on any atom is -0.470 e. The summed E-state index contributed by atoms with van der Waals surface area (Å²) in [6.07, 6.45) is -1.17. The summed E-state index contributed by atoms with van der Waals surface area (Å²) in [4.78, 5) is 26.7. The molecule has 1 saturated heterocycles. The van der Waals surface area contributed by atoms with Gasteiger partial charge in [0, 0.05) is 32.2 Å². The van der Waals surface area contributed by atoms with Gasteiger partial charge >= 0.3 is 5.97 Å². The van der Waals surface area contributed by atoms with Gasteiger partial charge in [-0.15, -0.1) is 0 Å². The molecule has 3 atom stereocenters. The third kappa shape index (κ3) is 5.93. The van der Waals surface area contributed by atoms with Gasteiger partial charge < -0.3 is 33.5 Å². The third-order valence-electron chi connectivity index (χ3n) is 4.85. The van der Waals surface area contributed by atoms with Crippen molar-refractivity contribution in [2.75, 3.05) is 33.5 Å². The summed E-state index contributed by atoms with van der Waals surface area (Å²) < 4.78 is 26.6. The monoisotopic (exact) mass is 428 g/mol. The van der Waals surface area contributed by atoms with Crippen LogP contribution in [0.3, 0.4) is 0 Å². The van der Waals surface area contributed by atoms with E-state index in [1.807, 2.05) is 27.7 Å². The normalized spacial score (nSPS) is 20.1. The van der Waals surface area contributed by atoms with Gasteiger partial charge in [-0.2, -0.15) is 0 Å². The molecule has 0 spiro atoms. The molecule has 0 aromatic carbocycles. The summed E-state index contributed by atoms with van der Waals surface area (Å²) in [5.74, 6) is -1.20. The SMILES string of the molecule is CCOC(COc1cc(C(C(=O)N2C[C@H](O)C[C@H]2C(=O)OC)C(C)C)on1)OCC. The Balaban J connectivity index is 2.13. The van der Waals surface area contributed by atoms with Crippen molar-refractivity contribution in [1.82, 2.24) is 10.1 Å². The zero-order valence-corrected chi connectivity index (χ0v) is 18.2. The molecule has 1 amide bonds. The van der Waals surface area contributed by atoms with Crippen LogP contribution >= 0.6 is 0 Å². The molecule has 0 saturated carbocycles. The van der Waals surface area contributed by atoms with Gasteiger partial charge in [-0.3, -0.25) is 4.79 Å². The van der Waals surface area contributed by atoms with E-state index >= 15 is 0 Å². The first-order chi connectivity index (χ1) is 14.3. The number of likely N-dealkylation sites (tertiary alicyclic amines) is 1. The van der Waals surface area contributed by atoms with Crippen molar-refractivity contribution in [3.8, 4) is 5.88 Å². The Morgan fingerprint density at radius 1 is 1.30 bits per heavy atom. The lowest BCUT2D eigenvalue weighted by atomic mass is 9.91. The molecule has 1 fully saturated rings. The van der Waals surface area contributed by atoms with Crippen LogP contribution in [-0.4, -0.2) is 79.0 Å². The van der Waals surface area contributed by atoms with Crippen molar-refractivity contribution in [3.63, 3.8) is 0 Å². The minimum atomic E-state index is -0.824. The first-order valence-electron chi connectivity index (χ1n) is 10.2. The van der Waals surface area contributed by atoms with E-state index in [-0.39, 0.29) is 37.3 Å². The van der Waals surface area contributed by atoms with Crippen LogP contribution in [0.15, 0.2) is 10.6 Å². The Kier molecular flexibility index (Phi) is 9.07. The van der Waals surface area contributed by atoms with Crippen molar-refractivity contribution in [2.45, 2.75) is 58.5 Å². The van der Waals surface area contributed by atoms with Gasteiger partial charge in [0.1, 0.15) is 18.6 Å². The maximum Gasteiger partial charge on any atom is 0.328 e. The molecule has 1 aliphatic heterocycles. The number of methoxy groups -OCH3 is 1. The molecule has 1 N–H and O–H groups in total. The molecule has 170 valence electrons. The van der Waals surface area contributed by atoms with Crippen LogP contribution in [0.2, 0.25) is 0 Å². The van der Waals surface area contributed by atoms with Crippen molar-refractivity contribution in [1.29, 1.82) is 0 Å². The highest BCUT2D eigenvalue weighted by Gasteiger charge is 2.43. The average molecular weight is 428 g/mol. The molecular formula is C20H32N2O8. The lowest BCUT2D eigenvalue weighted by molar-refractivity contribution is -0.153. The van der Waals surface area contributed by atoms with Crippen molar-refractivity contribution in [3.05, 3.63) is 11.8 Å². The second kappa shape index (κ2) is 11.3. The standard InChI is InChI=1S/C20H32N2O8/c1-6-27-17(28-7-2)11-29-16-9-15(30-21-16)18(12(3)4)19(24)22-10-13(23)8-14(22)20(25)26-5/h9,12-14,17-18,23H,6-8,10-11H2,1-5H3/t13-,14+,18?/m1/s1. The number of aliphatic hydroxyl groups is 1. The zero-order chi connectivity index (χ0) is 22.3. The molecule has 1 aromatic rings. The second-order valence-corrected chi connectivity index (χ2v) is 7.36. The number of amides is 1. The van der Waals surface area contributed by atoms with Crippen LogP contribution < -0.4 is 4.74 Å². The Morgan fingerprint density at radius 2 is 1.97 bits per heavy atom. The van der Waals surface area contributed by atoms with Crippen LogP contribution in [0, 0.1) is 5.92 Å². The fraction of sp³-hybridized carbons (Fsp3) is 0.750. The highest BCUT2D eigenvalue weighted by molar-refractivity contribution is 5.89. The van der Waals surface area contributed by atoms with E-state index in [0.717, 1.165) is 0 Å². The Bertz CT molecular complexity index is 686. The van der Waals surface area contributed by atoms with Crippen molar-refractivity contribution in [2.24, 2.45) is 5.92 Å². The van der Waals surface area contributed by atoms with Gasteiger partial charge in [-0.05, 0) is 24.9 Å². The molecule has 0 radical (unpaired) electrons. The smallest absolute Gasteiger partial charge is 0.328 e. The first kappa shape index (κ1) is 24.1. The maximum absolute atomic E-state index is 13.2. The summed E-state index contributed by atoms with van der Waals surface area (Å²) in [5.41, 5.74) is 0. The van der Waals surface area contributed by atoms with Gasteiger partial charge in [-0.1, -0.05) is 13.8 Å². The number of carbonyl (C=O) groups excluding carboxylic acids is 2. The molecular weight excluding hydrogens is 396 g/mol. The van der Waals surface area contributed by atoms with Gasteiger partial charge in [0.2, 0.25) is 5.91 Å². The zero-order valence-electron chi connectivity index (χ0n) is 18.2. The molecule has 10 nitrogen and oxygen atoms in total. The number of hydrogen-bond acceptors (Lipinski definition) is 9. The van der Waals surface area contributed by atoms with Crippen molar-refractivity contribution >= 4 is 11.9 Å². The van der Waals surface area contributed by atoms with Gasteiger partial charge in [0.25, 0.3) is 5.88 Å². The van der Waals surface area contributed by atoms with E-state index in [1.54, 1.807) is 6.07 Å². The number of hydrogen-bond donors (Lipinski definition) is 1. The van der Waals surface area contributed by atoms with Gasteiger partial charge in [-0.25, -0.2) is 4.79 Å². The largest absolute Gasteiger partial charge is 0.470 e. The molecule has 1 aliphatic rings. The predicted molar refractivity (Wildman–Crippen MR) is 105 cm³/mol. The molecule has 1 unspecified atom stereocenters. The number of nitrogens with zero attached hydrogens (tertiary/aromatic N) is 2. The molecule has 10 heteroatoms. The van der Waals surface area contributed by atoms with E-state index in [2.05, 4.69) is 5.16 Å². The van der Waals surface area contributed by atoms with E-state index in [1.165, 1.54) is 12.0 Å². The second-order valence-electron chi connectivity index (χ2n) is 7.36. The number of esters is 1. The van der Waals surface area contributed by atoms with Crippen LogP contribution in [-0.2, 0) is 23.8 Å². The summed E-state index contributed by atoms with van der Waals surface area (Å²) >= 11 is 0. The number of aromatic nitrogens is 1. The topological polar surface area (TPSA) is 121 Å². The third-order valence-corrected chi connectivity index (χ3v) is 4.85. The quantitative estimate of drug-likeness (QED) is 0.411. The lowest BCUT2D eigenvalue weighted by Crippen LogP contribution is -2.44. The fourth-order valence-electron chi connectivity index (χ4n) is 3.49. The van der Waals surface area contributed by atoms with Gasteiger partial charge in [0.15, 0.2) is 12.1 Å². The summed E-state index contributed by atoms with van der Waals surface area (Å²) in [6, 6.07) is 0.729. The van der Waals surface area contributed by atoms with E-state index in [9.17, 15) is 14.7 Å². The molecule has 1 aromatic heterocycles. The molecule has 30 heavy (non-hydrogen) atoms. The number of ether oxygens (including phenoxy) is 4. The molecule has 2 rings (SSSR count). The van der Waals surface area contributed by atoms with E-state index in [4.69, 9.17) is 23.5 Å². The Labute approximate surface area is 176 Å². The lowest BCUT2D eigenvalue weighted by Gasteiger charge is -2.27. The number of β-amino-alcohol motifs (C(OH)–C–C–N with tert-alkyl or cyclic N) is 1. The average Bonchev–Trinajstić information content (AvgIpc) is 3.32. The number of rotatable bonds is 11. The maximum atomic E-state index is 13.2. The predicted octanol–water partition coefficient (Wildman–Crippen LogP) is 1.33. The summed E-state index contributed by atoms with van der Waals surface area (Å²) in [5, 5.41) is 13.9. The first-order valence-corrected chi connectivity index (χ1v) is 10.2. The van der Waals surface area contributed by atoms with Crippen molar-refractivity contribution < 1.29 is 38.2 Å². The number of carbonyl (C=O) groups is 2. The summed E-state index contributed by atoms with van der Waals surface area (Å²) in [6.45, 7) is 8.58. The van der Waals surface area contributed by atoms with Gasteiger partial charge in [0.05, 0.1) is 13.2 Å². The summed E-state index contributed by atoms with van der Waals surface area (Å²) in [7, 11) is 1.26. The van der Waals surface area contributed by atoms with Crippen LogP contribution in [0.5, 0.6) is 5.88 Å². The van der Waals surface area contributed by atoms with Crippen LogP contribution in [0.1, 0.15) is 45.8 Å². The van der Waals surface area contributed by atoms with Crippen LogP contribution in [0.4, 0.5) is 0 Å².